The summed E-state index contributed by atoms with van der Waals surface area (Å²) in [5.74, 6) is 1.42. The van der Waals surface area contributed by atoms with Gasteiger partial charge in [-0.25, -0.2) is 4.68 Å². The highest BCUT2D eigenvalue weighted by Crippen LogP contribution is 2.30. The quantitative estimate of drug-likeness (QED) is 0.648. The van der Waals surface area contributed by atoms with E-state index in [0.717, 1.165) is 56.3 Å². The van der Waals surface area contributed by atoms with Crippen LogP contribution in [0.4, 0.5) is 0 Å². The molecule has 2 aromatic heterocycles. The van der Waals surface area contributed by atoms with Crippen LogP contribution in [0.15, 0.2) is 29.1 Å². The Morgan fingerprint density at radius 2 is 2.10 bits per heavy atom. The molecule has 2 aliphatic heterocycles. The standard InChI is InChI=1S/C22H28N6O3/c1-30-16-8-7-15-12-18(22(29)23-19(15)13-16)20(27-9-3-2-4-10-27)21-24-25-26-28(21)14-17-6-5-11-31-17/h7-8,12-13,17,20H,2-6,9-11,14H2,1H3,(H,23,29)/t17-,20+/m0/s1. The fourth-order valence-corrected chi connectivity index (χ4v) is 4.72. The van der Waals surface area contributed by atoms with E-state index in [1.54, 1.807) is 7.11 Å². The lowest BCUT2D eigenvalue weighted by Gasteiger charge is -2.33. The molecule has 2 atom stereocenters. The SMILES string of the molecule is COc1ccc2cc([C@H](c3nnnn3C[C@@H]3CCCO3)N3CCCCC3)c(=O)[nH]c2c1. The molecule has 31 heavy (non-hydrogen) atoms. The number of aromatic amines is 1. The second kappa shape index (κ2) is 8.76. The van der Waals surface area contributed by atoms with E-state index in [-0.39, 0.29) is 17.7 Å². The summed E-state index contributed by atoms with van der Waals surface area (Å²) >= 11 is 0. The van der Waals surface area contributed by atoms with Crippen LogP contribution in [0.2, 0.25) is 0 Å². The predicted molar refractivity (Wildman–Crippen MR) is 115 cm³/mol. The summed E-state index contributed by atoms with van der Waals surface area (Å²) in [6.07, 6.45) is 5.60. The van der Waals surface area contributed by atoms with Crippen molar-refractivity contribution in [3.05, 3.63) is 46.0 Å². The molecule has 0 spiro atoms. The first-order valence-corrected chi connectivity index (χ1v) is 11.1. The maximum Gasteiger partial charge on any atom is 0.253 e. The Hall–Kier alpha value is -2.78. The normalized spacial score (nSPS) is 20.9. The summed E-state index contributed by atoms with van der Waals surface area (Å²) in [6, 6.07) is 7.39. The van der Waals surface area contributed by atoms with Gasteiger partial charge in [-0.2, -0.15) is 0 Å². The summed E-state index contributed by atoms with van der Waals surface area (Å²) in [5.41, 5.74) is 1.30. The highest BCUT2D eigenvalue weighted by molar-refractivity contribution is 5.80. The average molecular weight is 425 g/mol. The molecular formula is C22H28N6O3. The van der Waals surface area contributed by atoms with Gasteiger partial charge < -0.3 is 14.5 Å². The number of hydrogen-bond donors (Lipinski definition) is 1. The second-order valence-corrected chi connectivity index (χ2v) is 8.36. The molecule has 0 unspecified atom stereocenters. The van der Waals surface area contributed by atoms with Gasteiger partial charge in [0.05, 0.1) is 25.3 Å². The number of benzene rings is 1. The number of methoxy groups -OCH3 is 1. The second-order valence-electron chi connectivity index (χ2n) is 8.36. The predicted octanol–water partition coefficient (Wildman–Crippen LogP) is 2.28. The van der Waals surface area contributed by atoms with Gasteiger partial charge in [0.2, 0.25) is 0 Å². The topological polar surface area (TPSA) is 98.2 Å². The zero-order valence-electron chi connectivity index (χ0n) is 17.8. The van der Waals surface area contributed by atoms with Gasteiger partial charge in [-0.15, -0.1) is 5.10 Å². The monoisotopic (exact) mass is 424 g/mol. The summed E-state index contributed by atoms with van der Waals surface area (Å²) in [7, 11) is 1.62. The minimum atomic E-state index is -0.299. The van der Waals surface area contributed by atoms with Crippen molar-refractivity contribution in [2.24, 2.45) is 0 Å². The van der Waals surface area contributed by atoms with Crippen molar-refractivity contribution in [2.75, 3.05) is 26.8 Å². The Kier molecular flexibility index (Phi) is 5.69. The summed E-state index contributed by atoms with van der Waals surface area (Å²) in [5, 5.41) is 13.6. The first-order valence-electron chi connectivity index (χ1n) is 11.1. The number of piperidine rings is 1. The molecule has 0 radical (unpaired) electrons. The Morgan fingerprint density at radius 3 is 2.87 bits per heavy atom. The third kappa shape index (κ3) is 4.07. The van der Waals surface area contributed by atoms with Crippen molar-refractivity contribution >= 4 is 10.9 Å². The lowest BCUT2D eigenvalue weighted by molar-refractivity contribution is 0.0902. The molecule has 0 saturated carbocycles. The number of ether oxygens (including phenoxy) is 2. The Morgan fingerprint density at radius 1 is 1.23 bits per heavy atom. The van der Waals surface area contributed by atoms with Crippen LogP contribution in [0, 0.1) is 0 Å². The number of nitrogens with one attached hydrogen (secondary N) is 1. The highest BCUT2D eigenvalue weighted by atomic mass is 16.5. The molecule has 2 saturated heterocycles. The number of nitrogens with zero attached hydrogens (tertiary/aromatic N) is 5. The van der Waals surface area contributed by atoms with Crippen LogP contribution >= 0.6 is 0 Å². The molecule has 9 heteroatoms. The average Bonchev–Trinajstić information content (AvgIpc) is 3.48. The maximum absolute atomic E-state index is 13.2. The number of pyridine rings is 1. The molecule has 1 aromatic carbocycles. The van der Waals surface area contributed by atoms with Gasteiger partial charge in [0, 0.05) is 18.2 Å². The van der Waals surface area contributed by atoms with Crippen molar-refractivity contribution in [2.45, 2.75) is 50.8 Å². The van der Waals surface area contributed by atoms with Crippen LogP contribution in [0.5, 0.6) is 5.75 Å². The zero-order chi connectivity index (χ0) is 21.2. The van der Waals surface area contributed by atoms with Crippen LogP contribution in [0.25, 0.3) is 10.9 Å². The molecule has 0 bridgehead atoms. The van der Waals surface area contributed by atoms with Gasteiger partial charge in [-0.05, 0) is 72.8 Å². The van der Waals surface area contributed by atoms with Gasteiger partial charge in [0.15, 0.2) is 5.82 Å². The minimum Gasteiger partial charge on any atom is -0.497 e. The number of fused-ring (bicyclic) bond motifs is 1. The van der Waals surface area contributed by atoms with E-state index < -0.39 is 0 Å². The number of H-pyrrole nitrogens is 1. The number of tetrazole rings is 1. The minimum absolute atomic E-state index is 0.117. The molecule has 0 aliphatic carbocycles. The van der Waals surface area contributed by atoms with Crippen LogP contribution in [-0.2, 0) is 11.3 Å². The molecule has 4 heterocycles. The number of hydrogen-bond acceptors (Lipinski definition) is 7. The molecule has 0 amide bonds. The van der Waals surface area contributed by atoms with E-state index >= 15 is 0 Å². The molecule has 2 fully saturated rings. The maximum atomic E-state index is 13.2. The van der Waals surface area contributed by atoms with E-state index in [1.165, 1.54) is 6.42 Å². The van der Waals surface area contributed by atoms with Crippen LogP contribution < -0.4 is 10.3 Å². The van der Waals surface area contributed by atoms with E-state index in [1.807, 2.05) is 28.9 Å². The molecule has 3 aromatic rings. The van der Waals surface area contributed by atoms with E-state index in [0.29, 0.717) is 23.7 Å². The zero-order valence-corrected chi connectivity index (χ0v) is 17.8. The fraction of sp³-hybridized carbons (Fsp3) is 0.545. The van der Waals surface area contributed by atoms with Gasteiger partial charge >= 0.3 is 0 Å². The third-order valence-electron chi connectivity index (χ3n) is 6.34. The molecule has 164 valence electrons. The molecule has 1 N–H and O–H groups in total. The first kappa shape index (κ1) is 20.1. The van der Waals surface area contributed by atoms with Crippen molar-refractivity contribution in [1.29, 1.82) is 0 Å². The molecule has 2 aliphatic rings. The van der Waals surface area contributed by atoms with E-state index in [4.69, 9.17) is 9.47 Å². The smallest absolute Gasteiger partial charge is 0.253 e. The summed E-state index contributed by atoms with van der Waals surface area (Å²) < 4.78 is 12.9. The largest absolute Gasteiger partial charge is 0.497 e. The first-order chi connectivity index (χ1) is 15.2. The number of likely N-dealkylation sites (tertiary alicyclic amines) is 1. The van der Waals surface area contributed by atoms with E-state index in [9.17, 15) is 4.79 Å². The Bertz CT molecular complexity index is 1100. The van der Waals surface area contributed by atoms with Gasteiger partial charge in [0.25, 0.3) is 5.56 Å². The van der Waals surface area contributed by atoms with Gasteiger partial charge in [0.1, 0.15) is 11.8 Å². The fourth-order valence-electron chi connectivity index (χ4n) is 4.72. The van der Waals surface area contributed by atoms with Crippen molar-refractivity contribution in [3.8, 4) is 5.75 Å². The molecular weight excluding hydrogens is 396 g/mol. The lowest BCUT2D eigenvalue weighted by atomic mass is 10.0. The van der Waals surface area contributed by atoms with E-state index in [2.05, 4.69) is 25.4 Å². The van der Waals surface area contributed by atoms with Crippen LogP contribution in [0.1, 0.15) is 49.5 Å². The third-order valence-corrected chi connectivity index (χ3v) is 6.34. The highest BCUT2D eigenvalue weighted by Gasteiger charge is 2.32. The van der Waals surface area contributed by atoms with Crippen molar-refractivity contribution in [1.82, 2.24) is 30.1 Å². The lowest BCUT2D eigenvalue weighted by Crippen LogP contribution is -2.39. The summed E-state index contributed by atoms with van der Waals surface area (Å²) in [4.78, 5) is 18.6. The van der Waals surface area contributed by atoms with Gasteiger partial charge in [-0.1, -0.05) is 6.42 Å². The van der Waals surface area contributed by atoms with Crippen LogP contribution in [0.3, 0.4) is 0 Å². The summed E-state index contributed by atoms with van der Waals surface area (Å²) in [6.45, 7) is 3.22. The van der Waals surface area contributed by atoms with Gasteiger partial charge in [-0.3, -0.25) is 9.69 Å². The molecule has 5 rings (SSSR count). The van der Waals surface area contributed by atoms with Crippen molar-refractivity contribution < 1.29 is 9.47 Å². The Balaban J connectivity index is 1.58. The number of aromatic nitrogens is 5. The molecule has 9 nitrogen and oxygen atoms in total. The Labute approximate surface area is 180 Å². The van der Waals surface area contributed by atoms with Crippen LogP contribution in [-0.4, -0.2) is 63.0 Å². The number of rotatable bonds is 6. The van der Waals surface area contributed by atoms with Crippen molar-refractivity contribution in [3.63, 3.8) is 0 Å².